The first-order valence-electron chi connectivity index (χ1n) is 12.1. The van der Waals surface area contributed by atoms with Gasteiger partial charge < -0.3 is 14.6 Å². The van der Waals surface area contributed by atoms with Crippen LogP contribution < -0.4 is 15.0 Å². The quantitative estimate of drug-likeness (QED) is 0.180. The molecule has 1 aromatic heterocycles. The minimum atomic E-state index is -1.02. The van der Waals surface area contributed by atoms with Crippen molar-refractivity contribution in [3.05, 3.63) is 95.4 Å². The molecular formula is C28H24Br2ClN3O5. The van der Waals surface area contributed by atoms with Crippen molar-refractivity contribution in [1.82, 2.24) is 9.66 Å². The molecule has 0 aliphatic heterocycles. The Labute approximate surface area is 246 Å². The highest BCUT2D eigenvalue weighted by Crippen LogP contribution is 2.42. The highest BCUT2D eigenvalue weighted by atomic mass is 79.9. The number of rotatable bonds is 10. The molecule has 8 nitrogen and oxygen atoms in total. The van der Waals surface area contributed by atoms with E-state index < -0.39 is 5.97 Å². The molecule has 0 aliphatic rings. The van der Waals surface area contributed by atoms with Crippen molar-refractivity contribution in [3.63, 3.8) is 0 Å². The second-order valence-electron chi connectivity index (χ2n) is 8.45. The molecule has 1 N–H and O–H groups in total. The number of fused-ring (bicyclic) bond motifs is 1. The monoisotopic (exact) mass is 675 g/mol. The zero-order valence-corrected chi connectivity index (χ0v) is 25.0. The van der Waals surface area contributed by atoms with Gasteiger partial charge in [-0.15, -0.1) is 0 Å². The molecule has 0 radical (unpaired) electrons. The van der Waals surface area contributed by atoms with Crippen molar-refractivity contribution in [2.75, 3.05) is 6.61 Å². The summed E-state index contributed by atoms with van der Waals surface area (Å²) in [4.78, 5) is 29.3. The SMILES string of the molecule is CCCc1nc2ccc(Br)cc2c(=O)n1N=Cc1cc(OCC)c(OCc2cccc(C(=O)O)c2)c(Cl)c1Br. The summed E-state index contributed by atoms with van der Waals surface area (Å²) in [7, 11) is 0. The Balaban J connectivity index is 1.72. The van der Waals surface area contributed by atoms with Crippen LogP contribution >= 0.6 is 43.5 Å². The molecule has 0 atom stereocenters. The molecule has 202 valence electrons. The Morgan fingerprint density at radius 2 is 1.95 bits per heavy atom. The second kappa shape index (κ2) is 12.8. The molecule has 0 fully saturated rings. The summed E-state index contributed by atoms with van der Waals surface area (Å²) >= 11 is 13.6. The lowest BCUT2D eigenvalue weighted by Crippen LogP contribution is -2.22. The van der Waals surface area contributed by atoms with Crippen LogP contribution in [0.25, 0.3) is 10.9 Å². The smallest absolute Gasteiger partial charge is 0.335 e. The molecule has 0 unspecified atom stereocenters. The fraction of sp³-hybridized carbons (Fsp3) is 0.214. The second-order valence-corrected chi connectivity index (χ2v) is 10.5. The third-order valence-electron chi connectivity index (χ3n) is 5.67. The van der Waals surface area contributed by atoms with Gasteiger partial charge >= 0.3 is 5.97 Å². The van der Waals surface area contributed by atoms with Gasteiger partial charge in [-0.1, -0.05) is 46.6 Å². The summed E-state index contributed by atoms with van der Waals surface area (Å²) in [6.45, 7) is 4.27. The van der Waals surface area contributed by atoms with Crippen LogP contribution in [0.1, 0.15) is 47.6 Å². The summed E-state index contributed by atoms with van der Waals surface area (Å²) in [5, 5.41) is 14.4. The van der Waals surface area contributed by atoms with Crippen LogP contribution in [0.3, 0.4) is 0 Å². The van der Waals surface area contributed by atoms with Crippen LogP contribution in [-0.4, -0.2) is 33.6 Å². The third-order valence-corrected chi connectivity index (χ3v) is 7.61. The first-order chi connectivity index (χ1) is 18.7. The van der Waals surface area contributed by atoms with E-state index >= 15 is 0 Å². The number of aromatic nitrogens is 2. The minimum Gasteiger partial charge on any atom is -0.490 e. The van der Waals surface area contributed by atoms with E-state index in [1.54, 1.807) is 30.3 Å². The predicted octanol–water partition coefficient (Wildman–Crippen LogP) is 7.09. The molecule has 0 amide bonds. The fourth-order valence-electron chi connectivity index (χ4n) is 3.86. The first-order valence-corrected chi connectivity index (χ1v) is 14.0. The van der Waals surface area contributed by atoms with E-state index in [0.29, 0.717) is 56.9 Å². The first kappa shape index (κ1) is 28.8. The van der Waals surface area contributed by atoms with Gasteiger partial charge in [-0.25, -0.2) is 9.78 Å². The molecular weight excluding hydrogens is 654 g/mol. The standard InChI is InChI=1S/C28H24Br2ClN3O5/c1-3-6-23-33-21-10-9-19(29)13-20(21)27(35)34(23)32-14-18-12-22(38-4-2)26(25(31)24(18)30)39-15-16-7-5-8-17(11-16)28(36)37/h5,7-14H,3-4,6,15H2,1-2H3,(H,36,37). The van der Waals surface area contributed by atoms with Gasteiger partial charge in [-0.2, -0.15) is 9.78 Å². The number of aromatic carboxylic acids is 1. The van der Waals surface area contributed by atoms with Crippen LogP contribution in [0, 0.1) is 0 Å². The summed E-state index contributed by atoms with van der Waals surface area (Å²) in [6.07, 6.45) is 2.88. The van der Waals surface area contributed by atoms with Gasteiger partial charge in [0.15, 0.2) is 11.5 Å². The molecule has 4 aromatic rings. The van der Waals surface area contributed by atoms with Crippen molar-refractivity contribution >= 4 is 66.5 Å². The minimum absolute atomic E-state index is 0.0783. The van der Waals surface area contributed by atoms with E-state index in [0.717, 1.165) is 10.9 Å². The molecule has 0 bridgehead atoms. The van der Waals surface area contributed by atoms with E-state index in [-0.39, 0.29) is 22.8 Å². The van der Waals surface area contributed by atoms with Crippen molar-refractivity contribution in [1.29, 1.82) is 0 Å². The average molecular weight is 678 g/mol. The van der Waals surface area contributed by atoms with Gasteiger partial charge in [-0.3, -0.25) is 4.79 Å². The topological polar surface area (TPSA) is 103 Å². The third kappa shape index (κ3) is 6.51. The molecule has 0 saturated carbocycles. The predicted molar refractivity (Wildman–Crippen MR) is 159 cm³/mol. The van der Waals surface area contributed by atoms with Crippen LogP contribution in [0.5, 0.6) is 11.5 Å². The number of halogens is 3. The molecule has 11 heteroatoms. The molecule has 1 heterocycles. The van der Waals surface area contributed by atoms with Crippen molar-refractivity contribution in [2.45, 2.75) is 33.3 Å². The van der Waals surface area contributed by atoms with E-state index in [2.05, 4.69) is 41.9 Å². The zero-order valence-electron chi connectivity index (χ0n) is 21.1. The maximum absolute atomic E-state index is 13.3. The number of ether oxygens (including phenoxy) is 2. The molecule has 0 aliphatic carbocycles. The van der Waals surface area contributed by atoms with Gasteiger partial charge in [0.2, 0.25) is 0 Å². The summed E-state index contributed by atoms with van der Waals surface area (Å²) in [5.74, 6) is 0.198. The van der Waals surface area contributed by atoms with Gasteiger partial charge in [0.25, 0.3) is 5.56 Å². The van der Waals surface area contributed by atoms with E-state index in [4.69, 9.17) is 21.1 Å². The normalized spacial score (nSPS) is 11.3. The highest BCUT2D eigenvalue weighted by Gasteiger charge is 2.18. The molecule has 4 rings (SSSR count). The Kier molecular flexibility index (Phi) is 9.42. The lowest BCUT2D eigenvalue weighted by molar-refractivity contribution is 0.0696. The summed E-state index contributed by atoms with van der Waals surface area (Å²) in [6, 6.07) is 13.5. The lowest BCUT2D eigenvalue weighted by atomic mass is 10.1. The van der Waals surface area contributed by atoms with E-state index in [9.17, 15) is 14.7 Å². The number of hydrogen-bond donors (Lipinski definition) is 1. The van der Waals surface area contributed by atoms with Gasteiger partial charge in [0.1, 0.15) is 17.5 Å². The van der Waals surface area contributed by atoms with Crippen LogP contribution in [0.15, 0.2) is 67.4 Å². The van der Waals surface area contributed by atoms with Gasteiger partial charge in [0, 0.05) is 20.9 Å². The molecule has 0 saturated heterocycles. The molecule has 3 aromatic carbocycles. The number of nitrogens with zero attached hydrogens (tertiary/aromatic N) is 3. The number of carboxylic acids is 1. The average Bonchev–Trinajstić information content (AvgIpc) is 2.91. The maximum atomic E-state index is 13.3. The number of hydrogen-bond acceptors (Lipinski definition) is 6. The Morgan fingerprint density at radius 1 is 1.15 bits per heavy atom. The van der Waals surface area contributed by atoms with Crippen molar-refractivity contribution < 1.29 is 19.4 Å². The zero-order chi connectivity index (χ0) is 28.1. The van der Waals surface area contributed by atoms with Crippen molar-refractivity contribution in [2.24, 2.45) is 5.10 Å². The maximum Gasteiger partial charge on any atom is 0.335 e. The number of carbonyl (C=O) groups is 1. The summed E-state index contributed by atoms with van der Waals surface area (Å²) < 4.78 is 14.3. The number of aryl methyl sites for hydroxylation is 1. The molecule has 0 spiro atoms. The lowest BCUT2D eigenvalue weighted by Gasteiger charge is -2.16. The largest absolute Gasteiger partial charge is 0.490 e. The van der Waals surface area contributed by atoms with E-state index in [1.807, 2.05) is 19.9 Å². The highest BCUT2D eigenvalue weighted by molar-refractivity contribution is 9.10. The van der Waals surface area contributed by atoms with Crippen LogP contribution in [0.4, 0.5) is 0 Å². The van der Waals surface area contributed by atoms with E-state index in [1.165, 1.54) is 23.0 Å². The van der Waals surface area contributed by atoms with Gasteiger partial charge in [-0.05, 0) is 71.2 Å². The Bertz CT molecular complexity index is 1640. The van der Waals surface area contributed by atoms with Crippen LogP contribution in [-0.2, 0) is 13.0 Å². The van der Waals surface area contributed by atoms with Crippen LogP contribution in [0.2, 0.25) is 5.02 Å². The Morgan fingerprint density at radius 3 is 2.67 bits per heavy atom. The Hall–Kier alpha value is -3.21. The number of benzene rings is 3. The summed E-state index contributed by atoms with van der Waals surface area (Å²) in [5.41, 5.74) is 1.71. The van der Waals surface area contributed by atoms with Gasteiger partial charge in [0.05, 0.1) is 29.3 Å². The number of carboxylic acid groups (broad SMARTS) is 1. The fourth-order valence-corrected chi connectivity index (χ4v) is 4.88. The van der Waals surface area contributed by atoms with Crippen molar-refractivity contribution in [3.8, 4) is 11.5 Å². The molecule has 39 heavy (non-hydrogen) atoms.